The highest BCUT2D eigenvalue weighted by atomic mass is 35.5. The summed E-state index contributed by atoms with van der Waals surface area (Å²) in [5.41, 5.74) is 5.51. The molecule has 0 aliphatic rings. The Morgan fingerprint density at radius 2 is 2.00 bits per heavy atom. The molecule has 0 radical (unpaired) electrons. The molecule has 1 atom stereocenters. The van der Waals surface area contributed by atoms with Gasteiger partial charge in [-0.3, -0.25) is 4.79 Å². The number of hydrogen-bond donors (Lipinski definition) is 1. The summed E-state index contributed by atoms with van der Waals surface area (Å²) in [4.78, 5) is 18.8. The van der Waals surface area contributed by atoms with Crippen LogP contribution in [-0.2, 0) is 16.0 Å². The van der Waals surface area contributed by atoms with Crippen molar-refractivity contribution in [2.45, 2.75) is 12.5 Å². The minimum Gasteiger partial charge on any atom is -0.468 e. The Hall–Kier alpha value is -0.910. The number of nitrogens with two attached hydrogens (primary N) is 1. The first kappa shape index (κ1) is 16.5. The average molecular weight is 254 g/mol. The van der Waals surface area contributed by atoms with Gasteiger partial charge in [-0.25, -0.2) is 9.97 Å². The maximum absolute atomic E-state index is 10.9. The first-order valence-electron chi connectivity index (χ1n) is 3.83. The van der Waals surface area contributed by atoms with Crippen LogP contribution in [0.4, 0.5) is 0 Å². The number of ether oxygens (including phenoxy) is 1. The standard InChI is InChI=1S/C8H11N3O2.2ClH/c1-13-8(12)6(9)5-7-10-3-2-4-11-7;;/h2-4,6H,5,9H2,1H3;2*1H/t6-;;/m1../s1. The van der Waals surface area contributed by atoms with Gasteiger partial charge in [-0.2, -0.15) is 0 Å². The van der Waals surface area contributed by atoms with Gasteiger partial charge in [-0.15, -0.1) is 24.8 Å². The highest BCUT2D eigenvalue weighted by Gasteiger charge is 2.14. The van der Waals surface area contributed by atoms with Crippen LogP contribution in [0, 0.1) is 0 Å². The van der Waals surface area contributed by atoms with Crippen LogP contribution in [0.5, 0.6) is 0 Å². The van der Waals surface area contributed by atoms with E-state index in [4.69, 9.17) is 5.73 Å². The van der Waals surface area contributed by atoms with E-state index in [1.165, 1.54) is 7.11 Å². The second-order valence-corrected chi connectivity index (χ2v) is 2.50. The molecule has 0 saturated carbocycles. The molecule has 0 amide bonds. The topological polar surface area (TPSA) is 78.1 Å². The molecule has 0 saturated heterocycles. The highest BCUT2D eigenvalue weighted by Crippen LogP contribution is 1.94. The van der Waals surface area contributed by atoms with Crippen LogP contribution in [0.2, 0.25) is 0 Å². The first-order valence-corrected chi connectivity index (χ1v) is 3.83. The van der Waals surface area contributed by atoms with E-state index in [0.29, 0.717) is 12.2 Å². The average Bonchev–Trinajstić information content (AvgIpc) is 2.18. The van der Waals surface area contributed by atoms with Gasteiger partial charge in [-0.1, -0.05) is 0 Å². The van der Waals surface area contributed by atoms with Crippen molar-refractivity contribution in [1.29, 1.82) is 0 Å². The fraction of sp³-hybridized carbons (Fsp3) is 0.375. The Balaban J connectivity index is 0. The maximum Gasteiger partial charge on any atom is 0.323 e. The number of carbonyl (C=O) groups excluding carboxylic acids is 1. The van der Waals surface area contributed by atoms with E-state index in [9.17, 15) is 4.79 Å². The molecule has 1 rings (SSSR count). The molecule has 15 heavy (non-hydrogen) atoms. The van der Waals surface area contributed by atoms with Gasteiger partial charge in [0.1, 0.15) is 11.9 Å². The summed E-state index contributed by atoms with van der Waals surface area (Å²) in [6.45, 7) is 0. The molecule has 5 nitrogen and oxygen atoms in total. The number of aromatic nitrogens is 2. The molecular weight excluding hydrogens is 241 g/mol. The van der Waals surface area contributed by atoms with Gasteiger partial charge < -0.3 is 10.5 Å². The molecule has 0 fully saturated rings. The number of methoxy groups -OCH3 is 1. The minimum absolute atomic E-state index is 0. The van der Waals surface area contributed by atoms with E-state index in [1.54, 1.807) is 18.5 Å². The molecule has 1 aromatic heterocycles. The second kappa shape index (κ2) is 8.40. The summed E-state index contributed by atoms with van der Waals surface area (Å²) < 4.78 is 4.46. The molecule has 2 N–H and O–H groups in total. The van der Waals surface area contributed by atoms with Gasteiger partial charge >= 0.3 is 5.97 Å². The van der Waals surface area contributed by atoms with Crippen LogP contribution < -0.4 is 5.73 Å². The van der Waals surface area contributed by atoms with Crippen molar-refractivity contribution in [2.24, 2.45) is 5.73 Å². The Labute approximate surface area is 100 Å². The van der Waals surface area contributed by atoms with E-state index >= 15 is 0 Å². The van der Waals surface area contributed by atoms with Crippen molar-refractivity contribution in [2.75, 3.05) is 7.11 Å². The second-order valence-electron chi connectivity index (χ2n) is 2.50. The summed E-state index contributed by atoms with van der Waals surface area (Å²) in [6.07, 6.45) is 3.51. The van der Waals surface area contributed by atoms with Crippen LogP contribution in [0.1, 0.15) is 5.82 Å². The predicted molar refractivity (Wildman–Crippen MR) is 60.2 cm³/mol. The maximum atomic E-state index is 10.9. The normalized spacial score (nSPS) is 10.5. The number of halogens is 2. The molecule has 7 heteroatoms. The summed E-state index contributed by atoms with van der Waals surface area (Å²) in [5, 5.41) is 0. The van der Waals surface area contributed by atoms with Crippen molar-refractivity contribution in [3.8, 4) is 0 Å². The van der Waals surface area contributed by atoms with Gasteiger partial charge in [0.2, 0.25) is 0 Å². The zero-order valence-corrected chi connectivity index (χ0v) is 9.75. The number of nitrogens with zero attached hydrogens (tertiary/aromatic N) is 2. The fourth-order valence-electron chi connectivity index (χ4n) is 0.867. The smallest absolute Gasteiger partial charge is 0.323 e. The highest BCUT2D eigenvalue weighted by molar-refractivity contribution is 5.85. The summed E-state index contributed by atoms with van der Waals surface area (Å²) >= 11 is 0. The van der Waals surface area contributed by atoms with Crippen LogP contribution >= 0.6 is 24.8 Å². The van der Waals surface area contributed by atoms with Gasteiger partial charge in [0.05, 0.1) is 7.11 Å². The Bertz CT molecular complexity index is 284. The molecular formula is C8H13Cl2N3O2. The third-order valence-electron chi connectivity index (χ3n) is 1.53. The number of rotatable bonds is 3. The molecule has 0 aliphatic heterocycles. The molecule has 0 bridgehead atoms. The molecule has 0 aromatic carbocycles. The zero-order chi connectivity index (χ0) is 9.68. The molecule has 0 spiro atoms. The van der Waals surface area contributed by atoms with E-state index in [2.05, 4.69) is 14.7 Å². The lowest BCUT2D eigenvalue weighted by Crippen LogP contribution is -2.34. The monoisotopic (exact) mass is 253 g/mol. The number of hydrogen-bond acceptors (Lipinski definition) is 5. The number of esters is 1. The van der Waals surface area contributed by atoms with E-state index in [0.717, 1.165) is 0 Å². The largest absolute Gasteiger partial charge is 0.468 e. The van der Waals surface area contributed by atoms with Crippen LogP contribution in [0.25, 0.3) is 0 Å². The Morgan fingerprint density at radius 1 is 1.47 bits per heavy atom. The van der Waals surface area contributed by atoms with E-state index in [1.807, 2.05) is 0 Å². The summed E-state index contributed by atoms with van der Waals surface area (Å²) in [5.74, 6) is 0.0906. The van der Waals surface area contributed by atoms with Gasteiger partial charge in [-0.05, 0) is 6.07 Å². The lowest BCUT2D eigenvalue weighted by atomic mass is 10.2. The lowest BCUT2D eigenvalue weighted by Gasteiger charge is -2.06. The van der Waals surface area contributed by atoms with Crippen molar-refractivity contribution in [3.63, 3.8) is 0 Å². The van der Waals surface area contributed by atoms with Gasteiger partial charge in [0.25, 0.3) is 0 Å². The Kier molecular flexibility index (Phi) is 9.25. The van der Waals surface area contributed by atoms with Gasteiger partial charge in [0.15, 0.2) is 0 Å². The van der Waals surface area contributed by atoms with Crippen LogP contribution in [-0.4, -0.2) is 29.1 Å². The predicted octanol–water partition coefficient (Wildman–Crippen LogP) is 0.363. The minimum atomic E-state index is -0.688. The SMILES string of the molecule is COC(=O)[C@H](N)Cc1ncccn1.Cl.Cl. The molecule has 1 heterocycles. The van der Waals surface area contributed by atoms with Crippen molar-refractivity contribution in [3.05, 3.63) is 24.3 Å². The molecule has 0 unspecified atom stereocenters. The van der Waals surface area contributed by atoms with E-state index in [-0.39, 0.29) is 24.8 Å². The third-order valence-corrected chi connectivity index (χ3v) is 1.53. The van der Waals surface area contributed by atoms with Crippen LogP contribution in [0.15, 0.2) is 18.5 Å². The summed E-state index contributed by atoms with van der Waals surface area (Å²) in [6, 6.07) is 1.01. The molecule has 0 aliphatic carbocycles. The summed E-state index contributed by atoms with van der Waals surface area (Å²) in [7, 11) is 1.30. The van der Waals surface area contributed by atoms with Crippen molar-refractivity contribution < 1.29 is 9.53 Å². The number of carbonyl (C=O) groups is 1. The van der Waals surface area contributed by atoms with Crippen molar-refractivity contribution in [1.82, 2.24) is 9.97 Å². The fourth-order valence-corrected chi connectivity index (χ4v) is 0.867. The molecule has 86 valence electrons. The van der Waals surface area contributed by atoms with E-state index < -0.39 is 12.0 Å². The third kappa shape index (κ3) is 5.51. The zero-order valence-electron chi connectivity index (χ0n) is 8.12. The van der Waals surface area contributed by atoms with Crippen LogP contribution in [0.3, 0.4) is 0 Å². The van der Waals surface area contributed by atoms with Gasteiger partial charge in [0, 0.05) is 18.8 Å². The van der Waals surface area contributed by atoms with Crippen molar-refractivity contribution >= 4 is 30.8 Å². The molecule has 1 aromatic rings. The Morgan fingerprint density at radius 3 is 2.47 bits per heavy atom. The lowest BCUT2D eigenvalue weighted by molar-refractivity contribution is -0.142. The quantitative estimate of drug-likeness (QED) is 0.788. The first-order chi connectivity index (χ1) is 6.24.